The van der Waals surface area contributed by atoms with Gasteiger partial charge in [-0.3, -0.25) is 4.79 Å². The smallest absolute Gasteiger partial charge is 0.227 e. The number of piperidine rings is 1. The van der Waals surface area contributed by atoms with Crippen molar-refractivity contribution in [2.24, 2.45) is 5.92 Å². The Morgan fingerprint density at radius 3 is 2.30 bits per heavy atom. The normalized spacial score (nSPS) is 33.1. The average molecular weight is 304 g/mol. The number of ether oxygens (including phenoxy) is 1. The van der Waals surface area contributed by atoms with E-state index in [0.717, 1.165) is 12.8 Å². The maximum absolute atomic E-state index is 12.6. The van der Waals surface area contributed by atoms with Gasteiger partial charge in [0, 0.05) is 26.2 Å². The van der Waals surface area contributed by atoms with E-state index in [0.29, 0.717) is 26.2 Å². The van der Waals surface area contributed by atoms with Crippen LogP contribution in [0.4, 0.5) is 0 Å². The molecule has 2 aliphatic heterocycles. The quantitative estimate of drug-likeness (QED) is 0.735. The zero-order valence-corrected chi connectivity index (χ0v) is 13.2. The van der Waals surface area contributed by atoms with E-state index in [1.54, 1.807) is 0 Å². The number of carbonyl (C=O) groups excluding carboxylic acids is 1. The lowest BCUT2D eigenvalue weighted by atomic mass is 9.97. The van der Waals surface area contributed by atoms with Crippen molar-refractivity contribution in [3.63, 3.8) is 0 Å². The highest BCUT2D eigenvalue weighted by molar-refractivity contribution is 7.88. The molecule has 0 saturated carbocycles. The molecule has 2 fully saturated rings. The fourth-order valence-electron chi connectivity index (χ4n) is 3.06. The van der Waals surface area contributed by atoms with E-state index in [2.05, 4.69) is 0 Å². The van der Waals surface area contributed by atoms with Crippen LogP contribution >= 0.6 is 0 Å². The van der Waals surface area contributed by atoms with Gasteiger partial charge in [0.1, 0.15) is 0 Å². The van der Waals surface area contributed by atoms with Gasteiger partial charge in [0.15, 0.2) is 0 Å². The number of amides is 1. The van der Waals surface area contributed by atoms with Gasteiger partial charge in [-0.1, -0.05) is 0 Å². The fourth-order valence-corrected chi connectivity index (χ4v) is 3.97. The van der Waals surface area contributed by atoms with Gasteiger partial charge in [-0.05, 0) is 26.7 Å². The molecule has 1 amide bonds. The number of morpholine rings is 1. The van der Waals surface area contributed by atoms with Crippen LogP contribution in [0.3, 0.4) is 0 Å². The summed E-state index contributed by atoms with van der Waals surface area (Å²) in [7, 11) is -3.21. The van der Waals surface area contributed by atoms with Crippen molar-refractivity contribution in [2.45, 2.75) is 38.9 Å². The summed E-state index contributed by atoms with van der Waals surface area (Å²) in [6.45, 7) is 5.95. The molecule has 116 valence electrons. The van der Waals surface area contributed by atoms with Crippen LogP contribution < -0.4 is 0 Å². The van der Waals surface area contributed by atoms with Crippen molar-refractivity contribution < 1.29 is 17.9 Å². The predicted molar refractivity (Wildman–Crippen MR) is 75.7 cm³/mol. The predicted octanol–water partition coefficient (Wildman–Crippen LogP) is 0.294. The molecule has 0 radical (unpaired) electrons. The van der Waals surface area contributed by atoms with Crippen molar-refractivity contribution in [1.29, 1.82) is 0 Å². The number of hydrogen-bond donors (Lipinski definition) is 0. The van der Waals surface area contributed by atoms with Crippen LogP contribution in [0.25, 0.3) is 0 Å². The second-order valence-electron chi connectivity index (χ2n) is 5.96. The van der Waals surface area contributed by atoms with Gasteiger partial charge in [0.05, 0.1) is 24.4 Å². The topological polar surface area (TPSA) is 66.9 Å². The summed E-state index contributed by atoms with van der Waals surface area (Å²) in [5.41, 5.74) is 0. The van der Waals surface area contributed by atoms with Crippen LogP contribution in [0.1, 0.15) is 26.7 Å². The lowest BCUT2D eigenvalue weighted by Gasteiger charge is -2.39. The van der Waals surface area contributed by atoms with Crippen molar-refractivity contribution in [3.8, 4) is 0 Å². The highest BCUT2D eigenvalue weighted by Gasteiger charge is 2.35. The molecule has 2 aliphatic rings. The van der Waals surface area contributed by atoms with Gasteiger partial charge in [-0.15, -0.1) is 0 Å². The Morgan fingerprint density at radius 2 is 1.75 bits per heavy atom. The Bertz CT molecular complexity index is 455. The van der Waals surface area contributed by atoms with Gasteiger partial charge in [0.25, 0.3) is 0 Å². The fraction of sp³-hybridized carbons (Fsp3) is 0.923. The van der Waals surface area contributed by atoms with E-state index in [1.165, 1.54) is 10.6 Å². The zero-order valence-electron chi connectivity index (χ0n) is 12.4. The van der Waals surface area contributed by atoms with E-state index >= 15 is 0 Å². The van der Waals surface area contributed by atoms with Crippen LogP contribution in [0, 0.1) is 5.92 Å². The maximum Gasteiger partial charge on any atom is 0.227 e. The number of carbonyl (C=O) groups is 1. The van der Waals surface area contributed by atoms with E-state index in [9.17, 15) is 13.2 Å². The van der Waals surface area contributed by atoms with Gasteiger partial charge >= 0.3 is 0 Å². The first-order valence-electron chi connectivity index (χ1n) is 7.16. The monoisotopic (exact) mass is 304 g/mol. The van der Waals surface area contributed by atoms with Gasteiger partial charge in [-0.2, -0.15) is 0 Å². The Kier molecular flexibility index (Phi) is 4.71. The molecule has 0 unspecified atom stereocenters. The zero-order chi connectivity index (χ0) is 14.9. The molecular formula is C13H24N2O4S. The third kappa shape index (κ3) is 3.71. The average Bonchev–Trinajstić information content (AvgIpc) is 2.36. The molecule has 2 saturated heterocycles. The highest BCUT2D eigenvalue weighted by Crippen LogP contribution is 2.22. The Hall–Kier alpha value is -0.660. The van der Waals surface area contributed by atoms with Crippen LogP contribution in [0.15, 0.2) is 0 Å². The molecule has 0 aromatic rings. The van der Waals surface area contributed by atoms with Crippen LogP contribution in [-0.4, -0.2) is 68.2 Å². The molecule has 2 heterocycles. The molecule has 0 aromatic carbocycles. The van der Waals surface area contributed by atoms with Gasteiger partial charge < -0.3 is 9.64 Å². The lowest BCUT2D eigenvalue weighted by Crippen LogP contribution is -2.52. The minimum absolute atomic E-state index is 0.0392. The summed E-state index contributed by atoms with van der Waals surface area (Å²) in [5, 5.41) is 0. The number of hydrogen-bond acceptors (Lipinski definition) is 4. The van der Waals surface area contributed by atoms with Crippen molar-refractivity contribution in [3.05, 3.63) is 0 Å². The van der Waals surface area contributed by atoms with Gasteiger partial charge in [-0.25, -0.2) is 12.7 Å². The lowest BCUT2D eigenvalue weighted by molar-refractivity contribution is -0.148. The molecule has 20 heavy (non-hydrogen) atoms. The summed E-state index contributed by atoms with van der Waals surface area (Å²) in [4.78, 5) is 14.4. The molecule has 2 rings (SSSR count). The highest BCUT2D eigenvalue weighted by atomic mass is 32.2. The molecule has 0 N–H and O–H groups in total. The second kappa shape index (κ2) is 5.99. The summed E-state index contributed by atoms with van der Waals surface area (Å²) >= 11 is 0. The maximum atomic E-state index is 12.6. The van der Waals surface area contributed by atoms with Crippen LogP contribution in [-0.2, 0) is 19.6 Å². The molecule has 0 bridgehead atoms. The Balaban J connectivity index is 2.01. The van der Waals surface area contributed by atoms with Crippen molar-refractivity contribution in [1.82, 2.24) is 9.21 Å². The first kappa shape index (κ1) is 15.7. The van der Waals surface area contributed by atoms with E-state index in [4.69, 9.17) is 4.74 Å². The van der Waals surface area contributed by atoms with Crippen LogP contribution in [0.5, 0.6) is 0 Å². The molecule has 3 atom stereocenters. The third-order valence-electron chi connectivity index (χ3n) is 3.93. The van der Waals surface area contributed by atoms with Crippen molar-refractivity contribution >= 4 is 15.9 Å². The first-order chi connectivity index (χ1) is 9.27. The Labute approximate surface area is 121 Å². The van der Waals surface area contributed by atoms with Crippen molar-refractivity contribution in [2.75, 3.05) is 32.4 Å². The summed E-state index contributed by atoms with van der Waals surface area (Å²) < 4.78 is 30.3. The minimum Gasteiger partial charge on any atom is -0.372 e. The van der Waals surface area contributed by atoms with Gasteiger partial charge in [0.2, 0.25) is 15.9 Å². The van der Waals surface area contributed by atoms with E-state index in [-0.39, 0.29) is 24.0 Å². The third-order valence-corrected chi connectivity index (χ3v) is 5.20. The summed E-state index contributed by atoms with van der Waals surface area (Å²) in [5.74, 6) is -0.142. The Morgan fingerprint density at radius 1 is 1.15 bits per heavy atom. The van der Waals surface area contributed by atoms with Crippen LogP contribution in [0.2, 0.25) is 0 Å². The SMILES string of the molecule is C[C@@H]1CN(C(=O)[C@H]2CCCN(S(C)(=O)=O)C2)C[C@@H](C)O1. The molecule has 7 heteroatoms. The molecule has 6 nitrogen and oxygen atoms in total. The number of nitrogens with zero attached hydrogens (tertiary/aromatic N) is 2. The minimum atomic E-state index is -3.21. The molecule has 0 aromatic heterocycles. The largest absolute Gasteiger partial charge is 0.372 e. The standard InChI is InChI=1S/C13H24N2O4S/c1-10-7-14(8-11(2)19-10)13(16)12-5-4-6-15(9-12)20(3,17)18/h10-12H,4-9H2,1-3H3/t10-,11-,12+/m1/s1. The first-order valence-corrected chi connectivity index (χ1v) is 9.01. The molecular weight excluding hydrogens is 280 g/mol. The number of sulfonamides is 1. The summed E-state index contributed by atoms with van der Waals surface area (Å²) in [6.07, 6.45) is 2.80. The summed E-state index contributed by atoms with van der Waals surface area (Å²) in [6, 6.07) is 0. The molecule has 0 aliphatic carbocycles. The number of rotatable bonds is 2. The molecule has 0 spiro atoms. The van der Waals surface area contributed by atoms with E-state index < -0.39 is 10.0 Å². The second-order valence-corrected chi connectivity index (χ2v) is 7.94. The van der Waals surface area contributed by atoms with E-state index in [1.807, 2.05) is 18.7 Å².